The summed E-state index contributed by atoms with van der Waals surface area (Å²) in [5.41, 5.74) is 2.54. The fourth-order valence-electron chi connectivity index (χ4n) is 2.40. The van der Waals surface area contributed by atoms with Crippen LogP contribution in [0.3, 0.4) is 0 Å². The largest absolute Gasteiger partial charge is 0.376 e. The van der Waals surface area contributed by atoms with Crippen LogP contribution < -0.4 is 10.6 Å². The highest BCUT2D eigenvalue weighted by Crippen LogP contribution is 2.39. The highest BCUT2D eigenvalue weighted by atomic mass is 16.2. The third-order valence-electron chi connectivity index (χ3n) is 3.85. The van der Waals surface area contributed by atoms with E-state index in [1.807, 2.05) is 26.0 Å². The van der Waals surface area contributed by atoms with Gasteiger partial charge in [-0.05, 0) is 51.2 Å². The Morgan fingerprint density at radius 3 is 2.70 bits per heavy atom. The third kappa shape index (κ3) is 3.30. The van der Waals surface area contributed by atoms with E-state index in [-0.39, 0.29) is 12.5 Å². The lowest BCUT2D eigenvalue weighted by atomic mass is 9.98. The number of carbonyl (C=O) groups excluding carboxylic acids is 1. The predicted molar refractivity (Wildman–Crippen MR) is 79.3 cm³/mol. The first-order chi connectivity index (χ1) is 9.44. The molecule has 0 saturated heterocycles. The SMILES string of the molecule is Cc1ccc(NCC(=O)N[C@@](C)(C#N)C2CC2)c(C)c1. The number of nitriles is 1. The van der Waals surface area contributed by atoms with E-state index in [2.05, 4.69) is 22.8 Å². The van der Waals surface area contributed by atoms with E-state index in [9.17, 15) is 10.1 Å². The number of benzene rings is 1. The van der Waals surface area contributed by atoms with Crippen molar-refractivity contribution in [3.05, 3.63) is 29.3 Å². The van der Waals surface area contributed by atoms with Crippen LogP contribution in [0.15, 0.2) is 18.2 Å². The van der Waals surface area contributed by atoms with Crippen molar-refractivity contribution in [2.45, 2.75) is 39.2 Å². The molecule has 106 valence electrons. The van der Waals surface area contributed by atoms with Crippen LogP contribution in [0.1, 0.15) is 30.9 Å². The Morgan fingerprint density at radius 1 is 1.45 bits per heavy atom. The van der Waals surface area contributed by atoms with Gasteiger partial charge >= 0.3 is 0 Å². The molecule has 1 atom stereocenters. The van der Waals surface area contributed by atoms with Gasteiger partial charge in [0.05, 0.1) is 12.6 Å². The maximum atomic E-state index is 12.0. The van der Waals surface area contributed by atoms with E-state index in [0.29, 0.717) is 5.92 Å². The van der Waals surface area contributed by atoms with Crippen molar-refractivity contribution in [2.24, 2.45) is 5.92 Å². The van der Waals surface area contributed by atoms with E-state index in [4.69, 9.17) is 0 Å². The van der Waals surface area contributed by atoms with Gasteiger partial charge in [-0.25, -0.2) is 0 Å². The van der Waals surface area contributed by atoms with Crippen molar-refractivity contribution >= 4 is 11.6 Å². The fraction of sp³-hybridized carbons (Fsp3) is 0.500. The molecule has 0 unspecified atom stereocenters. The number of rotatable bonds is 5. The highest BCUT2D eigenvalue weighted by molar-refractivity contribution is 5.82. The minimum absolute atomic E-state index is 0.138. The molecule has 1 aliphatic rings. The minimum atomic E-state index is -0.721. The molecule has 2 rings (SSSR count). The molecule has 1 aliphatic carbocycles. The Balaban J connectivity index is 1.90. The second kappa shape index (κ2) is 5.54. The standard InChI is InChI=1S/C16H21N3O/c1-11-4-7-14(12(2)8-11)18-9-15(20)19-16(3,10-17)13-5-6-13/h4,7-8,13,18H,5-6,9H2,1-3H3,(H,19,20)/t16-/m0/s1. The van der Waals surface area contributed by atoms with Gasteiger partial charge in [-0.2, -0.15) is 5.26 Å². The number of hydrogen-bond acceptors (Lipinski definition) is 3. The van der Waals surface area contributed by atoms with E-state index in [1.165, 1.54) is 5.56 Å². The summed E-state index contributed by atoms with van der Waals surface area (Å²) in [6.45, 7) is 6.04. The number of aryl methyl sites for hydroxylation is 2. The van der Waals surface area contributed by atoms with Crippen LogP contribution >= 0.6 is 0 Å². The Kier molecular flexibility index (Phi) is 3.99. The zero-order chi connectivity index (χ0) is 14.8. The summed E-state index contributed by atoms with van der Waals surface area (Å²) in [6.07, 6.45) is 2.05. The van der Waals surface area contributed by atoms with Crippen LogP contribution in [0.4, 0.5) is 5.69 Å². The zero-order valence-corrected chi connectivity index (χ0v) is 12.3. The van der Waals surface area contributed by atoms with Gasteiger partial charge in [0.25, 0.3) is 0 Å². The molecule has 0 heterocycles. The van der Waals surface area contributed by atoms with Crippen LogP contribution in [0, 0.1) is 31.1 Å². The molecule has 1 aromatic rings. The normalized spacial score (nSPS) is 16.9. The molecule has 20 heavy (non-hydrogen) atoms. The van der Waals surface area contributed by atoms with E-state index >= 15 is 0 Å². The smallest absolute Gasteiger partial charge is 0.240 e. The molecular weight excluding hydrogens is 250 g/mol. The van der Waals surface area contributed by atoms with Gasteiger partial charge in [-0.3, -0.25) is 4.79 Å². The average molecular weight is 271 g/mol. The third-order valence-corrected chi connectivity index (χ3v) is 3.85. The molecule has 1 fully saturated rings. The molecular formula is C16H21N3O. The van der Waals surface area contributed by atoms with E-state index < -0.39 is 5.54 Å². The molecule has 0 spiro atoms. The molecule has 2 N–H and O–H groups in total. The molecule has 1 saturated carbocycles. The van der Waals surface area contributed by atoms with Crippen molar-refractivity contribution in [2.75, 3.05) is 11.9 Å². The van der Waals surface area contributed by atoms with Crippen molar-refractivity contribution in [1.82, 2.24) is 5.32 Å². The summed E-state index contributed by atoms with van der Waals surface area (Å²) in [6, 6.07) is 8.29. The summed E-state index contributed by atoms with van der Waals surface area (Å²) in [5, 5.41) is 15.2. The number of nitrogens with zero attached hydrogens (tertiary/aromatic N) is 1. The molecule has 0 radical (unpaired) electrons. The van der Waals surface area contributed by atoms with Gasteiger partial charge in [0.1, 0.15) is 5.54 Å². The Hall–Kier alpha value is -2.02. The van der Waals surface area contributed by atoms with Crippen molar-refractivity contribution in [3.63, 3.8) is 0 Å². The topological polar surface area (TPSA) is 64.9 Å². The Labute approximate surface area is 120 Å². The lowest BCUT2D eigenvalue weighted by molar-refractivity contribution is -0.120. The van der Waals surface area contributed by atoms with E-state index in [0.717, 1.165) is 24.1 Å². The molecule has 4 heteroatoms. The van der Waals surface area contributed by atoms with Crippen LogP contribution in [0.5, 0.6) is 0 Å². The summed E-state index contributed by atoms with van der Waals surface area (Å²) >= 11 is 0. The molecule has 4 nitrogen and oxygen atoms in total. The summed E-state index contributed by atoms with van der Waals surface area (Å²) in [5.74, 6) is 0.165. The lowest BCUT2D eigenvalue weighted by Crippen LogP contribution is -2.48. The van der Waals surface area contributed by atoms with Crippen LogP contribution in [0.2, 0.25) is 0 Å². The van der Waals surface area contributed by atoms with Gasteiger partial charge in [0.15, 0.2) is 0 Å². The number of nitrogens with one attached hydrogen (secondary N) is 2. The predicted octanol–water partition coefficient (Wildman–Crippen LogP) is 2.52. The molecule has 0 aromatic heterocycles. The Bertz CT molecular complexity index is 557. The number of carbonyl (C=O) groups is 1. The van der Waals surface area contributed by atoms with E-state index in [1.54, 1.807) is 6.92 Å². The van der Waals surface area contributed by atoms with Gasteiger partial charge < -0.3 is 10.6 Å². The first-order valence-electron chi connectivity index (χ1n) is 6.98. The van der Waals surface area contributed by atoms with Gasteiger partial charge in [0.2, 0.25) is 5.91 Å². The van der Waals surface area contributed by atoms with Crippen LogP contribution in [-0.4, -0.2) is 18.0 Å². The van der Waals surface area contributed by atoms with Gasteiger partial charge in [-0.15, -0.1) is 0 Å². The fourth-order valence-corrected chi connectivity index (χ4v) is 2.40. The maximum absolute atomic E-state index is 12.0. The quantitative estimate of drug-likeness (QED) is 0.865. The molecule has 0 aliphatic heterocycles. The first kappa shape index (κ1) is 14.4. The monoisotopic (exact) mass is 271 g/mol. The summed E-state index contributed by atoms with van der Waals surface area (Å²) in [7, 11) is 0. The van der Waals surface area contributed by atoms with Gasteiger partial charge in [-0.1, -0.05) is 17.7 Å². The van der Waals surface area contributed by atoms with Crippen LogP contribution in [-0.2, 0) is 4.79 Å². The van der Waals surface area contributed by atoms with Crippen molar-refractivity contribution < 1.29 is 4.79 Å². The Morgan fingerprint density at radius 2 is 2.15 bits per heavy atom. The molecule has 1 amide bonds. The summed E-state index contributed by atoms with van der Waals surface area (Å²) < 4.78 is 0. The zero-order valence-electron chi connectivity index (χ0n) is 12.3. The van der Waals surface area contributed by atoms with Gasteiger partial charge in [0, 0.05) is 5.69 Å². The average Bonchev–Trinajstić information content (AvgIpc) is 3.22. The van der Waals surface area contributed by atoms with Crippen molar-refractivity contribution in [3.8, 4) is 6.07 Å². The summed E-state index contributed by atoms with van der Waals surface area (Å²) in [4.78, 5) is 12.0. The second-order valence-electron chi connectivity index (χ2n) is 5.81. The number of hydrogen-bond donors (Lipinski definition) is 2. The maximum Gasteiger partial charge on any atom is 0.240 e. The lowest BCUT2D eigenvalue weighted by Gasteiger charge is -2.23. The van der Waals surface area contributed by atoms with Crippen molar-refractivity contribution in [1.29, 1.82) is 5.26 Å². The molecule has 1 aromatic carbocycles. The second-order valence-corrected chi connectivity index (χ2v) is 5.81. The van der Waals surface area contributed by atoms with Crippen LogP contribution in [0.25, 0.3) is 0 Å². The first-order valence-corrected chi connectivity index (χ1v) is 6.98. The number of amides is 1. The highest BCUT2D eigenvalue weighted by Gasteiger charge is 2.42. The molecule has 0 bridgehead atoms. The number of anilines is 1. The minimum Gasteiger partial charge on any atom is -0.376 e.